The lowest BCUT2D eigenvalue weighted by Gasteiger charge is -2.33. The van der Waals surface area contributed by atoms with Crippen LogP contribution in [-0.2, 0) is 27.1 Å². The molecule has 0 radical (unpaired) electrons. The lowest BCUT2D eigenvalue weighted by Crippen LogP contribution is -2.46. The quantitative estimate of drug-likeness (QED) is 0.527. The number of halogens is 2. The highest BCUT2D eigenvalue weighted by Crippen LogP contribution is 2.30. The highest BCUT2D eigenvalue weighted by atomic mass is 35.5. The average Bonchev–Trinajstić information content (AvgIpc) is 2.81. The fourth-order valence-corrected chi connectivity index (χ4v) is 6.35. The number of amides is 1. The van der Waals surface area contributed by atoms with Gasteiger partial charge < -0.3 is 14.4 Å². The second-order valence-corrected chi connectivity index (χ2v) is 10.8. The van der Waals surface area contributed by atoms with E-state index in [1.165, 1.54) is 4.31 Å². The van der Waals surface area contributed by atoms with E-state index < -0.39 is 15.9 Å². The van der Waals surface area contributed by atoms with Crippen molar-refractivity contribution in [1.29, 1.82) is 0 Å². The number of sulfonamides is 1. The van der Waals surface area contributed by atoms with E-state index in [1.54, 1.807) is 50.4 Å². The van der Waals surface area contributed by atoms with Crippen LogP contribution >= 0.6 is 23.2 Å². The molecule has 180 valence electrons. The molecule has 1 amide bonds. The molecule has 1 saturated heterocycles. The molecule has 1 aliphatic rings. The molecule has 2 aromatic rings. The normalized spacial score (nSPS) is 16.9. The molecule has 1 fully saturated rings. The molecule has 0 N–H and O–H groups in total. The first-order valence-corrected chi connectivity index (χ1v) is 12.9. The lowest BCUT2D eigenvalue weighted by atomic mass is 9.98. The SMILES string of the molecule is COc1ccc(CN(C)C(=O)[C@@H]2CCCN(S(=O)(=O)Cc3c(Cl)cccc3Cl)C2)cc1OC. The van der Waals surface area contributed by atoms with Crippen molar-refractivity contribution in [3.05, 3.63) is 57.6 Å². The van der Waals surface area contributed by atoms with Crippen LogP contribution in [0.2, 0.25) is 10.0 Å². The van der Waals surface area contributed by atoms with Crippen LogP contribution in [0, 0.1) is 5.92 Å². The fourth-order valence-electron chi connectivity index (χ4n) is 3.98. The highest BCUT2D eigenvalue weighted by molar-refractivity contribution is 7.88. The summed E-state index contributed by atoms with van der Waals surface area (Å²) in [5.41, 5.74) is 1.26. The first kappa shape index (κ1) is 25.6. The zero-order valence-electron chi connectivity index (χ0n) is 18.9. The number of piperidine rings is 1. The molecule has 0 saturated carbocycles. The van der Waals surface area contributed by atoms with Gasteiger partial charge in [-0.25, -0.2) is 12.7 Å². The van der Waals surface area contributed by atoms with E-state index in [1.807, 2.05) is 12.1 Å². The second kappa shape index (κ2) is 11.0. The first-order valence-electron chi connectivity index (χ1n) is 10.5. The van der Waals surface area contributed by atoms with Crippen molar-refractivity contribution in [2.75, 3.05) is 34.4 Å². The number of benzene rings is 2. The number of methoxy groups -OCH3 is 2. The van der Waals surface area contributed by atoms with Crippen LogP contribution in [0.15, 0.2) is 36.4 Å². The lowest BCUT2D eigenvalue weighted by molar-refractivity contribution is -0.135. The Bertz CT molecular complexity index is 1090. The Labute approximate surface area is 205 Å². The molecule has 0 spiro atoms. The summed E-state index contributed by atoms with van der Waals surface area (Å²) in [5, 5.41) is 0.621. The number of hydrogen-bond acceptors (Lipinski definition) is 5. The van der Waals surface area contributed by atoms with Gasteiger partial charge in [-0.3, -0.25) is 4.79 Å². The maximum atomic E-state index is 13.1. The predicted molar refractivity (Wildman–Crippen MR) is 129 cm³/mol. The van der Waals surface area contributed by atoms with E-state index in [0.29, 0.717) is 53.0 Å². The standard InChI is InChI=1S/C23H28Cl2N2O5S/c1-26(13-16-9-10-21(31-2)22(12-16)32-3)23(28)17-6-5-11-27(14-17)33(29,30)15-18-19(24)7-4-8-20(18)25/h4,7-10,12,17H,5-6,11,13-15H2,1-3H3/t17-/m1/s1. The summed E-state index contributed by atoms with van der Waals surface area (Å²) in [6.07, 6.45) is 1.24. The van der Waals surface area contributed by atoms with Gasteiger partial charge in [-0.05, 0) is 42.7 Å². The van der Waals surface area contributed by atoms with Crippen LogP contribution in [-0.4, -0.2) is 57.9 Å². The Kier molecular flexibility index (Phi) is 8.50. The molecule has 33 heavy (non-hydrogen) atoms. The van der Waals surface area contributed by atoms with Crippen LogP contribution < -0.4 is 9.47 Å². The van der Waals surface area contributed by atoms with Crippen LogP contribution in [0.3, 0.4) is 0 Å². The first-order chi connectivity index (χ1) is 15.7. The van der Waals surface area contributed by atoms with Crippen molar-refractivity contribution >= 4 is 39.1 Å². The van der Waals surface area contributed by atoms with Gasteiger partial charge in [-0.1, -0.05) is 35.3 Å². The van der Waals surface area contributed by atoms with Gasteiger partial charge in [-0.2, -0.15) is 0 Å². The van der Waals surface area contributed by atoms with Crippen LogP contribution in [0.4, 0.5) is 0 Å². The van der Waals surface area contributed by atoms with Crippen molar-refractivity contribution in [2.45, 2.75) is 25.1 Å². The topological polar surface area (TPSA) is 76.2 Å². The largest absolute Gasteiger partial charge is 0.493 e. The smallest absolute Gasteiger partial charge is 0.227 e. The minimum absolute atomic E-state index is 0.0968. The molecular formula is C23H28Cl2N2O5S. The van der Waals surface area contributed by atoms with E-state index in [0.717, 1.165) is 5.56 Å². The monoisotopic (exact) mass is 514 g/mol. The maximum absolute atomic E-state index is 13.1. The highest BCUT2D eigenvalue weighted by Gasteiger charge is 2.34. The molecule has 0 bridgehead atoms. The number of ether oxygens (including phenoxy) is 2. The fraction of sp³-hybridized carbons (Fsp3) is 0.435. The third-order valence-corrected chi connectivity index (χ3v) is 8.24. The van der Waals surface area contributed by atoms with Crippen molar-refractivity contribution in [3.63, 3.8) is 0 Å². The molecule has 0 aromatic heterocycles. The average molecular weight is 515 g/mol. The van der Waals surface area contributed by atoms with Crippen molar-refractivity contribution in [1.82, 2.24) is 9.21 Å². The summed E-state index contributed by atoms with van der Waals surface area (Å²) in [7, 11) is 1.16. The number of carbonyl (C=O) groups excluding carboxylic acids is 1. The Morgan fingerprint density at radius 1 is 1.12 bits per heavy atom. The van der Waals surface area contributed by atoms with Gasteiger partial charge >= 0.3 is 0 Å². The summed E-state index contributed by atoms with van der Waals surface area (Å²) in [6.45, 7) is 0.880. The molecule has 0 aliphatic carbocycles. The number of hydrogen-bond donors (Lipinski definition) is 0. The third kappa shape index (κ3) is 6.12. The zero-order valence-corrected chi connectivity index (χ0v) is 21.2. The third-order valence-electron chi connectivity index (χ3n) is 5.76. The van der Waals surface area contributed by atoms with E-state index in [-0.39, 0.29) is 18.2 Å². The Hall–Kier alpha value is -2.00. The summed E-state index contributed by atoms with van der Waals surface area (Å²) >= 11 is 12.3. The molecule has 1 atom stereocenters. The zero-order chi connectivity index (χ0) is 24.2. The Morgan fingerprint density at radius 2 is 1.79 bits per heavy atom. The molecule has 0 unspecified atom stereocenters. The van der Waals surface area contributed by atoms with Gasteiger partial charge in [-0.15, -0.1) is 0 Å². The van der Waals surface area contributed by atoms with Gasteiger partial charge in [0.05, 0.1) is 25.9 Å². The molecule has 1 aliphatic heterocycles. The van der Waals surface area contributed by atoms with E-state index in [4.69, 9.17) is 32.7 Å². The molecule has 1 heterocycles. The number of rotatable bonds is 8. The van der Waals surface area contributed by atoms with Gasteiger partial charge in [0.2, 0.25) is 15.9 Å². The van der Waals surface area contributed by atoms with Crippen molar-refractivity contribution in [3.8, 4) is 11.5 Å². The van der Waals surface area contributed by atoms with Crippen LogP contribution in [0.25, 0.3) is 0 Å². The van der Waals surface area contributed by atoms with Crippen molar-refractivity contribution < 1.29 is 22.7 Å². The van der Waals surface area contributed by atoms with Crippen LogP contribution in [0.1, 0.15) is 24.0 Å². The second-order valence-electron chi connectivity index (χ2n) is 8.04. The number of carbonyl (C=O) groups is 1. The van der Waals surface area contributed by atoms with Gasteiger partial charge in [0.25, 0.3) is 0 Å². The minimum Gasteiger partial charge on any atom is -0.493 e. The Morgan fingerprint density at radius 3 is 2.42 bits per heavy atom. The molecule has 7 nitrogen and oxygen atoms in total. The minimum atomic E-state index is -3.69. The van der Waals surface area contributed by atoms with Gasteiger partial charge in [0.15, 0.2) is 11.5 Å². The van der Waals surface area contributed by atoms with E-state index >= 15 is 0 Å². The molecule has 10 heteroatoms. The molecule has 3 rings (SSSR count). The van der Waals surface area contributed by atoms with Crippen LogP contribution in [0.5, 0.6) is 11.5 Å². The van der Waals surface area contributed by atoms with E-state index in [2.05, 4.69) is 0 Å². The summed E-state index contributed by atoms with van der Waals surface area (Å²) in [5.74, 6) is 0.389. The molecular weight excluding hydrogens is 487 g/mol. The Balaban J connectivity index is 1.68. The summed E-state index contributed by atoms with van der Waals surface area (Å²) in [4.78, 5) is 14.7. The van der Waals surface area contributed by atoms with Crippen molar-refractivity contribution in [2.24, 2.45) is 5.92 Å². The maximum Gasteiger partial charge on any atom is 0.227 e. The summed E-state index contributed by atoms with van der Waals surface area (Å²) in [6, 6.07) is 10.4. The van der Waals surface area contributed by atoms with Gasteiger partial charge in [0.1, 0.15) is 0 Å². The number of nitrogens with zero attached hydrogens (tertiary/aromatic N) is 2. The van der Waals surface area contributed by atoms with Gasteiger partial charge in [0, 0.05) is 42.3 Å². The summed E-state index contributed by atoms with van der Waals surface area (Å²) < 4.78 is 38.1. The molecule has 2 aromatic carbocycles. The predicted octanol–water partition coefficient (Wildman–Crippen LogP) is 4.21. The van der Waals surface area contributed by atoms with E-state index in [9.17, 15) is 13.2 Å².